The van der Waals surface area contributed by atoms with E-state index in [-0.39, 0.29) is 18.1 Å². The van der Waals surface area contributed by atoms with Crippen LogP contribution in [0.25, 0.3) is 0 Å². The van der Waals surface area contributed by atoms with Gasteiger partial charge in [0.05, 0.1) is 25.2 Å². The fourth-order valence-corrected chi connectivity index (χ4v) is 6.24. The minimum atomic E-state index is -0.972. The molecule has 2 aliphatic carbocycles. The molecule has 1 aromatic rings. The Kier molecular flexibility index (Phi) is 8.02. The standard InChI is InChI=1S/C24H43FN7O/c1-31-14-12-18(13-15-31)32(2,19-10-11-21(33-3)20(25)16-19)24-29-22(26)28-23(30-24)27-17-8-6-4-5-7-9-17/h17-21H,4-16H2,1-3H3,(H3,26,27,28,29,30)/q+1. The summed E-state index contributed by atoms with van der Waals surface area (Å²) in [5.41, 5.74) is 6.23. The van der Waals surface area contributed by atoms with Gasteiger partial charge in [0.1, 0.15) is 6.17 Å². The monoisotopic (exact) mass is 464 g/mol. The maximum atomic E-state index is 15.0. The van der Waals surface area contributed by atoms with E-state index in [2.05, 4.69) is 34.3 Å². The lowest BCUT2D eigenvalue weighted by atomic mass is 9.86. The van der Waals surface area contributed by atoms with Crippen molar-refractivity contribution in [2.24, 2.45) is 0 Å². The first kappa shape index (κ1) is 24.5. The van der Waals surface area contributed by atoms with Crippen molar-refractivity contribution >= 4 is 17.8 Å². The maximum absolute atomic E-state index is 15.0. The van der Waals surface area contributed by atoms with Gasteiger partial charge in [-0.2, -0.15) is 4.98 Å². The van der Waals surface area contributed by atoms with Gasteiger partial charge in [-0.25, -0.2) is 4.39 Å². The van der Waals surface area contributed by atoms with E-state index in [4.69, 9.17) is 15.5 Å². The number of nitrogens with zero attached hydrogens (tertiary/aromatic N) is 5. The number of quaternary nitrogens is 1. The van der Waals surface area contributed by atoms with Crippen LogP contribution in [-0.4, -0.2) is 84.5 Å². The fraction of sp³-hybridized carbons (Fsp3) is 0.875. The predicted octanol–water partition coefficient (Wildman–Crippen LogP) is 3.53. The molecular formula is C24H43FN7O+. The summed E-state index contributed by atoms with van der Waals surface area (Å²) in [5, 5.41) is 3.56. The van der Waals surface area contributed by atoms with Crippen LogP contribution >= 0.6 is 0 Å². The predicted molar refractivity (Wildman–Crippen MR) is 131 cm³/mol. The van der Waals surface area contributed by atoms with E-state index in [0.29, 0.717) is 34.9 Å². The Hall–Kier alpha value is -1.58. The molecule has 3 N–H and O–H groups in total. The van der Waals surface area contributed by atoms with Gasteiger partial charge in [0.15, 0.2) is 0 Å². The fourth-order valence-electron chi connectivity index (χ4n) is 6.24. The van der Waals surface area contributed by atoms with Crippen molar-refractivity contribution in [3.63, 3.8) is 0 Å². The molecule has 3 aliphatic rings. The summed E-state index contributed by atoms with van der Waals surface area (Å²) >= 11 is 0. The molecule has 9 heteroatoms. The van der Waals surface area contributed by atoms with Crippen molar-refractivity contribution in [2.45, 2.75) is 101 Å². The number of anilines is 2. The number of nitrogens with two attached hydrogens (primary N) is 1. The number of rotatable bonds is 6. The van der Waals surface area contributed by atoms with Crippen LogP contribution in [0.1, 0.15) is 70.6 Å². The highest BCUT2D eigenvalue weighted by Crippen LogP contribution is 2.38. The molecule has 8 nitrogen and oxygen atoms in total. The number of halogens is 1. The second-order valence-corrected chi connectivity index (χ2v) is 10.6. The lowest BCUT2D eigenvalue weighted by Gasteiger charge is -2.49. The minimum Gasteiger partial charge on any atom is -0.378 e. The van der Waals surface area contributed by atoms with Crippen molar-refractivity contribution in [2.75, 3.05) is 45.3 Å². The van der Waals surface area contributed by atoms with Gasteiger partial charge in [0.25, 0.3) is 0 Å². The first-order valence-electron chi connectivity index (χ1n) is 12.9. The molecule has 1 aromatic heterocycles. The SMILES string of the molecule is COC1CCC([N+](C)(c2nc(N)nc(NC3CCCCCC3)n2)C2CCN(C)CC2)CC1F. The second-order valence-electron chi connectivity index (χ2n) is 10.6. The maximum Gasteiger partial charge on any atom is 0.335 e. The van der Waals surface area contributed by atoms with Crippen molar-refractivity contribution < 1.29 is 9.13 Å². The molecule has 2 saturated carbocycles. The highest BCUT2D eigenvalue weighted by atomic mass is 19.1. The van der Waals surface area contributed by atoms with Crippen LogP contribution in [0.3, 0.4) is 0 Å². The smallest absolute Gasteiger partial charge is 0.335 e. The number of aromatic nitrogens is 3. The molecule has 186 valence electrons. The first-order valence-corrected chi connectivity index (χ1v) is 12.9. The number of piperidine rings is 1. The molecule has 0 bridgehead atoms. The van der Waals surface area contributed by atoms with Gasteiger partial charge in [0, 0.05) is 51.9 Å². The van der Waals surface area contributed by atoms with E-state index >= 15 is 4.39 Å². The molecule has 2 heterocycles. The summed E-state index contributed by atoms with van der Waals surface area (Å²) in [6, 6.07) is 0.786. The Morgan fingerprint density at radius 3 is 2.30 bits per heavy atom. The highest BCUT2D eigenvalue weighted by molar-refractivity contribution is 5.41. The third-order valence-electron chi connectivity index (χ3n) is 8.45. The van der Waals surface area contributed by atoms with E-state index in [1.807, 2.05) is 0 Å². The van der Waals surface area contributed by atoms with Gasteiger partial charge in [-0.1, -0.05) is 25.7 Å². The third kappa shape index (κ3) is 5.57. The molecular weight excluding hydrogens is 421 g/mol. The Labute approximate surface area is 198 Å². The number of nitrogens with one attached hydrogen (secondary N) is 1. The zero-order chi connectivity index (χ0) is 23.4. The molecule has 1 aliphatic heterocycles. The lowest BCUT2D eigenvalue weighted by Crippen LogP contribution is -2.65. The van der Waals surface area contributed by atoms with Gasteiger partial charge < -0.3 is 20.7 Å². The molecule has 0 amide bonds. The number of hydrogen-bond donors (Lipinski definition) is 2. The molecule has 4 unspecified atom stereocenters. The van der Waals surface area contributed by atoms with Gasteiger partial charge in [-0.15, -0.1) is 9.97 Å². The van der Waals surface area contributed by atoms with Crippen LogP contribution in [0.2, 0.25) is 0 Å². The number of likely N-dealkylation sites (tertiary alicyclic amines) is 1. The number of methoxy groups -OCH3 is 1. The van der Waals surface area contributed by atoms with E-state index in [0.717, 1.165) is 51.6 Å². The summed E-state index contributed by atoms with van der Waals surface area (Å²) in [7, 11) is 5.98. The van der Waals surface area contributed by atoms with Crippen molar-refractivity contribution in [3.8, 4) is 0 Å². The van der Waals surface area contributed by atoms with Crippen LogP contribution in [0.4, 0.5) is 22.2 Å². The Morgan fingerprint density at radius 1 is 0.970 bits per heavy atom. The number of alkyl halides is 1. The molecule has 0 aromatic carbocycles. The summed E-state index contributed by atoms with van der Waals surface area (Å²) < 4.78 is 21.0. The Morgan fingerprint density at radius 2 is 1.67 bits per heavy atom. The zero-order valence-electron chi connectivity index (χ0n) is 20.7. The first-order chi connectivity index (χ1) is 15.9. The molecule has 1 saturated heterocycles. The van der Waals surface area contributed by atoms with Crippen LogP contribution in [0.5, 0.6) is 0 Å². The number of ether oxygens (including phenoxy) is 1. The summed E-state index contributed by atoms with van der Waals surface area (Å²) in [5.74, 6) is 1.50. The molecule has 0 radical (unpaired) electrons. The van der Waals surface area contributed by atoms with Gasteiger partial charge in [-0.3, -0.25) is 4.48 Å². The summed E-state index contributed by atoms with van der Waals surface area (Å²) in [6.45, 7) is 2.05. The zero-order valence-corrected chi connectivity index (χ0v) is 20.7. The van der Waals surface area contributed by atoms with Crippen LogP contribution < -0.4 is 15.5 Å². The third-order valence-corrected chi connectivity index (χ3v) is 8.45. The van der Waals surface area contributed by atoms with E-state index in [1.54, 1.807) is 7.11 Å². The van der Waals surface area contributed by atoms with E-state index < -0.39 is 6.17 Å². The van der Waals surface area contributed by atoms with Gasteiger partial charge in [-0.05, 0) is 26.3 Å². The van der Waals surface area contributed by atoms with Crippen LogP contribution in [-0.2, 0) is 4.74 Å². The highest BCUT2D eigenvalue weighted by Gasteiger charge is 2.49. The van der Waals surface area contributed by atoms with Crippen LogP contribution in [0.15, 0.2) is 0 Å². The Bertz CT molecular complexity index is 767. The largest absolute Gasteiger partial charge is 0.378 e. The summed E-state index contributed by atoms with van der Waals surface area (Å²) in [6.07, 6.45) is 10.2. The number of hydrogen-bond acceptors (Lipinski definition) is 7. The normalized spacial score (nSPS) is 30.5. The molecule has 4 atom stereocenters. The van der Waals surface area contributed by atoms with Crippen molar-refractivity contribution in [3.05, 3.63) is 0 Å². The van der Waals surface area contributed by atoms with Gasteiger partial charge in [0.2, 0.25) is 11.9 Å². The lowest BCUT2D eigenvalue weighted by molar-refractivity contribution is -0.0273. The average molecular weight is 465 g/mol. The molecule has 0 spiro atoms. The quantitative estimate of drug-likeness (QED) is 0.492. The van der Waals surface area contributed by atoms with E-state index in [1.165, 1.54) is 25.7 Å². The molecule has 33 heavy (non-hydrogen) atoms. The minimum absolute atomic E-state index is 0.0901. The van der Waals surface area contributed by atoms with Crippen molar-refractivity contribution in [1.82, 2.24) is 24.3 Å². The average Bonchev–Trinajstić information content (AvgIpc) is 3.07. The van der Waals surface area contributed by atoms with Gasteiger partial charge >= 0.3 is 5.95 Å². The van der Waals surface area contributed by atoms with Crippen LogP contribution in [0, 0.1) is 0 Å². The number of nitrogen functional groups attached to an aromatic ring is 1. The molecule has 3 fully saturated rings. The second kappa shape index (κ2) is 10.8. The van der Waals surface area contributed by atoms with Crippen molar-refractivity contribution in [1.29, 1.82) is 0 Å². The summed E-state index contributed by atoms with van der Waals surface area (Å²) in [4.78, 5) is 16.4. The molecule has 4 rings (SSSR count). The Balaban J connectivity index is 1.64. The van der Waals surface area contributed by atoms with E-state index in [9.17, 15) is 0 Å². The topological polar surface area (TPSA) is 89.2 Å².